The Bertz CT molecular complexity index is 975. The van der Waals surface area contributed by atoms with Gasteiger partial charge in [0, 0.05) is 10.4 Å². The number of anilines is 1. The monoisotopic (exact) mass is 374 g/mol. The molecule has 0 saturated heterocycles. The first kappa shape index (κ1) is 17.4. The Balaban J connectivity index is 1.70. The third kappa shape index (κ3) is 4.37. The Kier molecular flexibility index (Phi) is 4.78. The van der Waals surface area contributed by atoms with E-state index < -0.39 is 10.0 Å². The zero-order valence-corrected chi connectivity index (χ0v) is 15.4. The number of rotatable bonds is 5. The van der Waals surface area contributed by atoms with Crippen LogP contribution in [0.25, 0.3) is 10.1 Å². The molecule has 25 heavy (non-hydrogen) atoms. The maximum absolute atomic E-state index is 12.5. The molecular weight excluding hydrogens is 356 g/mol. The summed E-state index contributed by atoms with van der Waals surface area (Å²) in [5.74, 6) is -0.118. The Labute approximate surface area is 150 Å². The molecule has 0 fully saturated rings. The standard InChI is InChI=1S/C18H18N2O3S2/c1-12(13-7-9-15(10-8-13)20-25(2,22)23)19-18(21)17-11-14-5-3-4-6-16(14)24-17/h3-12,20H,1-2H3,(H,19,21)/t12-/m0/s1. The molecule has 7 heteroatoms. The van der Waals surface area contributed by atoms with Gasteiger partial charge in [-0.1, -0.05) is 30.3 Å². The van der Waals surface area contributed by atoms with E-state index in [9.17, 15) is 13.2 Å². The highest BCUT2D eigenvalue weighted by Gasteiger charge is 2.14. The molecular formula is C18H18N2O3S2. The van der Waals surface area contributed by atoms with Crippen LogP contribution >= 0.6 is 11.3 Å². The molecule has 2 aromatic carbocycles. The molecule has 1 amide bonds. The Morgan fingerprint density at radius 2 is 1.76 bits per heavy atom. The number of hydrogen-bond donors (Lipinski definition) is 2. The molecule has 130 valence electrons. The number of carbonyl (C=O) groups excluding carboxylic acids is 1. The van der Waals surface area contributed by atoms with E-state index in [0.29, 0.717) is 10.6 Å². The molecule has 0 bridgehead atoms. The average Bonchev–Trinajstić information content (AvgIpc) is 2.98. The second-order valence-corrected chi connectivity index (χ2v) is 8.67. The van der Waals surface area contributed by atoms with Crippen LogP contribution in [-0.4, -0.2) is 20.6 Å². The highest BCUT2D eigenvalue weighted by Crippen LogP contribution is 2.26. The summed E-state index contributed by atoms with van der Waals surface area (Å²) < 4.78 is 26.0. The predicted octanol–water partition coefficient (Wildman–Crippen LogP) is 3.76. The van der Waals surface area contributed by atoms with Gasteiger partial charge in [0.05, 0.1) is 17.2 Å². The van der Waals surface area contributed by atoms with Crippen molar-refractivity contribution in [1.29, 1.82) is 0 Å². The summed E-state index contributed by atoms with van der Waals surface area (Å²) in [7, 11) is -3.30. The zero-order chi connectivity index (χ0) is 18.0. The molecule has 3 aromatic rings. The lowest BCUT2D eigenvalue weighted by Crippen LogP contribution is -2.25. The molecule has 5 nitrogen and oxygen atoms in total. The zero-order valence-electron chi connectivity index (χ0n) is 13.8. The van der Waals surface area contributed by atoms with Gasteiger partial charge in [0.15, 0.2) is 0 Å². The molecule has 0 radical (unpaired) electrons. The number of fused-ring (bicyclic) bond motifs is 1. The SMILES string of the molecule is C[C@H](NC(=O)c1cc2ccccc2s1)c1ccc(NS(C)(=O)=O)cc1. The first-order valence-electron chi connectivity index (χ1n) is 7.69. The van der Waals surface area contributed by atoms with Gasteiger partial charge in [0.25, 0.3) is 5.91 Å². The van der Waals surface area contributed by atoms with Crippen molar-refractivity contribution in [2.75, 3.05) is 11.0 Å². The minimum atomic E-state index is -3.30. The normalized spacial score (nSPS) is 12.7. The van der Waals surface area contributed by atoms with Crippen molar-refractivity contribution in [3.8, 4) is 0 Å². The fourth-order valence-corrected chi connectivity index (χ4v) is 4.03. The molecule has 1 aromatic heterocycles. The molecule has 0 aliphatic rings. The van der Waals surface area contributed by atoms with Crippen LogP contribution in [-0.2, 0) is 10.0 Å². The number of carbonyl (C=O) groups is 1. The number of benzene rings is 2. The highest BCUT2D eigenvalue weighted by atomic mass is 32.2. The summed E-state index contributed by atoms with van der Waals surface area (Å²) in [5, 5.41) is 4.03. The van der Waals surface area contributed by atoms with Gasteiger partial charge in [0.1, 0.15) is 0 Å². The molecule has 1 heterocycles. The lowest BCUT2D eigenvalue weighted by atomic mass is 10.1. The fourth-order valence-electron chi connectivity index (χ4n) is 2.50. The predicted molar refractivity (Wildman–Crippen MR) is 103 cm³/mol. The molecule has 0 aliphatic carbocycles. The summed E-state index contributed by atoms with van der Waals surface area (Å²) >= 11 is 1.46. The lowest BCUT2D eigenvalue weighted by Gasteiger charge is -2.14. The van der Waals surface area contributed by atoms with Crippen molar-refractivity contribution in [2.24, 2.45) is 0 Å². The topological polar surface area (TPSA) is 75.3 Å². The third-order valence-electron chi connectivity index (χ3n) is 3.71. The summed E-state index contributed by atoms with van der Waals surface area (Å²) in [6.45, 7) is 1.89. The van der Waals surface area contributed by atoms with Crippen LogP contribution in [0.1, 0.15) is 28.2 Å². The highest BCUT2D eigenvalue weighted by molar-refractivity contribution is 7.92. The molecule has 2 N–H and O–H groups in total. The van der Waals surface area contributed by atoms with Crippen molar-refractivity contribution in [1.82, 2.24) is 5.32 Å². The van der Waals surface area contributed by atoms with Crippen LogP contribution in [0.2, 0.25) is 0 Å². The van der Waals surface area contributed by atoms with Crippen LogP contribution in [0.5, 0.6) is 0 Å². The average molecular weight is 374 g/mol. The van der Waals surface area contributed by atoms with E-state index >= 15 is 0 Å². The molecule has 3 rings (SSSR count). The van der Waals surface area contributed by atoms with Gasteiger partial charge in [-0.15, -0.1) is 11.3 Å². The minimum absolute atomic E-state index is 0.118. The molecule has 0 aliphatic heterocycles. The Hall–Kier alpha value is -2.38. The molecule has 1 atom stereocenters. The van der Waals surface area contributed by atoms with Crippen molar-refractivity contribution >= 4 is 43.0 Å². The summed E-state index contributed by atoms with van der Waals surface area (Å²) in [6.07, 6.45) is 1.11. The molecule has 0 saturated carbocycles. The van der Waals surface area contributed by atoms with Crippen LogP contribution in [0.3, 0.4) is 0 Å². The maximum atomic E-state index is 12.5. The van der Waals surface area contributed by atoms with Gasteiger partial charge >= 0.3 is 0 Å². The molecule has 0 unspecified atom stereocenters. The van der Waals surface area contributed by atoms with Gasteiger partial charge in [-0.3, -0.25) is 9.52 Å². The van der Waals surface area contributed by atoms with Crippen LogP contribution in [0.15, 0.2) is 54.6 Å². The lowest BCUT2D eigenvalue weighted by molar-refractivity contribution is 0.0944. The van der Waals surface area contributed by atoms with E-state index in [-0.39, 0.29) is 11.9 Å². The van der Waals surface area contributed by atoms with Crippen LogP contribution in [0.4, 0.5) is 5.69 Å². The molecule has 0 spiro atoms. The van der Waals surface area contributed by atoms with E-state index in [1.54, 1.807) is 24.3 Å². The van der Waals surface area contributed by atoms with E-state index in [4.69, 9.17) is 0 Å². The summed E-state index contributed by atoms with van der Waals surface area (Å²) in [6, 6.07) is 16.5. The van der Waals surface area contributed by atoms with Crippen molar-refractivity contribution in [2.45, 2.75) is 13.0 Å². The van der Waals surface area contributed by atoms with Gasteiger partial charge in [-0.05, 0) is 42.1 Å². The first-order chi connectivity index (χ1) is 11.8. The van der Waals surface area contributed by atoms with E-state index in [2.05, 4.69) is 10.0 Å². The number of nitrogens with one attached hydrogen (secondary N) is 2. The smallest absolute Gasteiger partial charge is 0.261 e. The van der Waals surface area contributed by atoms with Crippen LogP contribution in [0, 0.1) is 0 Å². The summed E-state index contributed by atoms with van der Waals surface area (Å²) in [4.78, 5) is 13.1. The Morgan fingerprint density at radius 1 is 1.08 bits per heavy atom. The maximum Gasteiger partial charge on any atom is 0.261 e. The second kappa shape index (κ2) is 6.85. The third-order valence-corrected chi connectivity index (χ3v) is 5.43. The largest absolute Gasteiger partial charge is 0.345 e. The fraction of sp³-hybridized carbons (Fsp3) is 0.167. The van der Waals surface area contributed by atoms with Gasteiger partial charge in [-0.2, -0.15) is 0 Å². The number of hydrogen-bond acceptors (Lipinski definition) is 4. The van der Waals surface area contributed by atoms with Gasteiger partial charge in [-0.25, -0.2) is 8.42 Å². The number of thiophene rings is 1. The van der Waals surface area contributed by atoms with Crippen molar-refractivity contribution in [3.63, 3.8) is 0 Å². The Morgan fingerprint density at radius 3 is 2.40 bits per heavy atom. The van der Waals surface area contributed by atoms with E-state index in [1.165, 1.54) is 11.3 Å². The second-order valence-electron chi connectivity index (χ2n) is 5.84. The van der Waals surface area contributed by atoms with E-state index in [1.807, 2.05) is 37.3 Å². The van der Waals surface area contributed by atoms with Crippen LogP contribution < -0.4 is 10.0 Å². The number of sulfonamides is 1. The quantitative estimate of drug-likeness (QED) is 0.714. The van der Waals surface area contributed by atoms with Gasteiger partial charge in [0.2, 0.25) is 10.0 Å². The van der Waals surface area contributed by atoms with Gasteiger partial charge < -0.3 is 5.32 Å². The van der Waals surface area contributed by atoms with Crippen molar-refractivity contribution < 1.29 is 13.2 Å². The van der Waals surface area contributed by atoms with Crippen molar-refractivity contribution in [3.05, 3.63) is 65.0 Å². The minimum Gasteiger partial charge on any atom is -0.345 e. The van der Waals surface area contributed by atoms with E-state index in [0.717, 1.165) is 21.9 Å². The number of amides is 1. The first-order valence-corrected chi connectivity index (χ1v) is 10.4. The summed E-state index contributed by atoms with van der Waals surface area (Å²) in [5.41, 5.74) is 1.39.